The average Bonchev–Trinajstić information content (AvgIpc) is 2.86. The predicted molar refractivity (Wildman–Crippen MR) is 91.4 cm³/mol. The van der Waals surface area contributed by atoms with E-state index >= 15 is 0 Å². The quantitative estimate of drug-likeness (QED) is 0.599. The lowest BCUT2D eigenvalue weighted by Crippen LogP contribution is -2.36. The number of hydrogen-bond donors (Lipinski definition) is 2. The van der Waals surface area contributed by atoms with E-state index in [-0.39, 0.29) is 5.91 Å². The van der Waals surface area contributed by atoms with Crippen molar-refractivity contribution in [3.63, 3.8) is 0 Å². The zero-order chi connectivity index (χ0) is 16.5. The van der Waals surface area contributed by atoms with Crippen LogP contribution in [-0.4, -0.2) is 39.3 Å². The smallest absolute Gasteiger partial charge is 0.251 e. The number of ether oxygens (including phenoxy) is 2. The number of benzene rings is 1. The van der Waals surface area contributed by atoms with E-state index in [0.717, 1.165) is 6.54 Å². The highest BCUT2D eigenvalue weighted by molar-refractivity contribution is 5.94. The first-order chi connectivity index (χ1) is 11.2. The summed E-state index contributed by atoms with van der Waals surface area (Å²) in [5, 5.41) is 6.49. The van der Waals surface area contributed by atoms with Gasteiger partial charge in [0.15, 0.2) is 11.5 Å². The third-order valence-electron chi connectivity index (χ3n) is 4.34. The number of hydrogen-bond acceptors (Lipinski definition) is 4. The summed E-state index contributed by atoms with van der Waals surface area (Å²) < 4.78 is 10.4. The molecule has 1 aliphatic carbocycles. The molecule has 0 bridgehead atoms. The molecule has 2 rings (SSSR count). The van der Waals surface area contributed by atoms with Gasteiger partial charge in [-0.2, -0.15) is 0 Å². The maximum absolute atomic E-state index is 12.2. The Morgan fingerprint density at radius 1 is 1.04 bits per heavy atom. The number of carbonyl (C=O) groups excluding carboxylic acids is 1. The summed E-state index contributed by atoms with van der Waals surface area (Å²) in [7, 11) is 3.15. The monoisotopic (exact) mass is 320 g/mol. The van der Waals surface area contributed by atoms with Crippen molar-refractivity contribution < 1.29 is 14.3 Å². The Morgan fingerprint density at radius 2 is 1.74 bits per heavy atom. The first-order valence-electron chi connectivity index (χ1n) is 8.48. The highest BCUT2D eigenvalue weighted by atomic mass is 16.5. The van der Waals surface area contributed by atoms with Crippen LogP contribution in [0, 0.1) is 0 Å². The van der Waals surface area contributed by atoms with Crippen LogP contribution in [0.4, 0.5) is 0 Å². The van der Waals surface area contributed by atoms with Crippen molar-refractivity contribution in [3.05, 3.63) is 23.8 Å². The van der Waals surface area contributed by atoms with Crippen LogP contribution in [0.15, 0.2) is 18.2 Å². The number of rotatable bonds is 7. The average molecular weight is 320 g/mol. The van der Waals surface area contributed by atoms with Crippen molar-refractivity contribution in [3.8, 4) is 11.5 Å². The van der Waals surface area contributed by atoms with Gasteiger partial charge in [0, 0.05) is 24.7 Å². The summed E-state index contributed by atoms with van der Waals surface area (Å²) in [4.78, 5) is 12.2. The van der Waals surface area contributed by atoms with Crippen LogP contribution in [0.1, 0.15) is 48.9 Å². The van der Waals surface area contributed by atoms with E-state index in [0.29, 0.717) is 29.6 Å². The lowest BCUT2D eigenvalue weighted by Gasteiger charge is -2.16. The van der Waals surface area contributed by atoms with E-state index in [9.17, 15) is 4.79 Å². The van der Waals surface area contributed by atoms with E-state index in [4.69, 9.17) is 9.47 Å². The number of nitrogens with one attached hydrogen (secondary N) is 2. The van der Waals surface area contributed by atoms with Gasteiger partial charge in [-0.3, -0.25) is 4.79 Å². The van der Waals surface area contributed by atoms with Gasteiger partial charge >= 0.3 is 0 Å². The summed E-state index contributed by atoms with van der Waals surface area (Å²) in [5.41, 5.74) is 0.581. The molecule has 1 amide bonds. The normalized spacial score (nSPS) is 15.7. The Balaban J connectivity index is 1.76. The molecule has 0 aliphatic heterocycles. The molecule has 0 spiro atoms. The van der Waals surface area contributed by atoms with Gasteiger partial charge in [0.05, 0.1) is 14.2 Å². The van der Waals surface area contributed by atoms with Gasteiger partial charge in [0.1, 0.15) is 0 Å². The molecule has 0 atom stereocenters. The van der Waals surface area contributed by atoms with Gasteiger partial charge in [-0.1, -0.05) is 25.7 Å². The van der Waals surface area contributed by atoms with Crippen LogP contribution < -0.4 is 20.1 Å². The Hall–Kier alpha value is -1.75. The van der Waals surface area contributed by atoms with Gasteiger partial charge < -0.3 is 20.1 Å². The Labute approximate surface area is 138 Å². The van der Waals surface area contributed by atoms with Crippen molar-refractivity contribution >= 4 is 5.91 Å². The summed E-state index contributed by atoms with van der Waals surface area (Å²) in [6.07, 6.45) is 7.85. The highest BCUT2D eigenvalue weighted by Gasteiger charge is 2.12. The summed E-state index contributed by atoms with van der Waals surface area (Å²) in [5.74, 6) is 1.10. The van der Waals surface area contributed by atoms with Crippen LogP contribution in [-0.2, 0) is 0 Å². The highest BCUT2D eigenvalue weighted by Crippen LogP contribution is 2.27. The van der Waals surface area contributed by atoms with Gasteiger partial charge in [0.2, 0.25) is 0 Å². The van der Waals surface area contributed by atoms with Crippen LogP contribution in [0.25, 0.3) is 0 Å². The van der Waals surface area contributed by atoms with E-state index in [1.54, 1.807) is 32.4 Å². The Morgan fingerprint density at radius 3 is 2.39 bits per heavy atom. The first kappa shape index (κ1) is 17.6. The van der Waals surface area contributed by atoms with Crippen molar-refractivity contribution in [2.45, 2.75) is 44.6 Å². The molecule has 23 heavy (non-hydrogen) atoms. The summed E-state index contributed by atoms with van der Waals surface area (Å²) >= 11 is 0. The molecule has 0 heterocycles. The minimum atomic E-state index is -0.0892. The maximum Gasteiger partial charge on any atom is 0.251 e. The van der Waals surface area contributed by atoms with Gasteiger partial charge in [-0.15, -0.1) is 0 Å². The predicted octanol–water partition coefficient (Wildman–Crippen LogP) is 2.75. The zero-order valence-corrected chi connectivity index (χ0v) is 14.2. The second-order valence-corrected chi connectivity index (χ2v) is 5.97. The topological polar surface area (TPSA) is 59.6 Å². The second kappa shape index (κ2) is 9.40. The summed E-state index contributed by atoms with van der Waals surface area (Å²) in [6, 6.07) is 5.80. The zero-order valence-electron chi connectivity index (χ0n) is 14.2. The molecule has 1 aromatic rings. The number of methoxy groups -OCH3 is 2. The largest absolute Gasteiger partial charge is 0.493 e. The van der Waals surface area contributed by atoms with Crippen LogP contribution in [0.3, 0.4) is 0 Å². The van der Waals surface area contributed by atoms with Crippen LogP contribution in [0.5, 0.6) is 11.5 Å². The molecule has 1 fully saturated rings. The van der Waals surface area contributed by atoms with Gasteiger partial charge in [0.25, 0.3) is 5.91 Å². The molecule has 128 valence electrons. The fraction of sp³-hybridized carbons (Fsp3) is 0.611. The molecular weight excluding hydrogens is 292 g/mol. The molecule has 1 aliphatic rings. The third kappa shape index (κ3) is 5.43. The van der Waals surface area contributed by atoms with Crippen molar-refractivity contribution in [1.82, 2.24) is 10.6 Å². The van der Waals surface area contributed by atoms with Crippen LogP contribution in [0.2, 0.25) is 0 Å². The number of amides is 1. The standard InChI is InChI=1S/C18H28N2O3/c1-22-16-10-9-14(13-17(16)23-2)18(21)20-12-11-19-15-7-5-3-4-6-8-15/h9-10,13,15,19H,3-8,11-12H2,1-2H3,(H,20,21). The molecule has 5 heteroatoms. The maximum atomic E-state index is 12.2. The molecule has 5 nitrogen and oxygen atoms in total. The molecule has 0 aromatic heterocycles. The minimum absolute atomic E-state index is 0.0892. The summed E-state index contributed by atoms with van der Waals surface area (Å²) in [6.45, 7) is 1.44. The molecule has 1 saturated carbocycles. The molecule has 1 aromatic carbocycles. The minimum Gasteiger partial charge on any atom is -0.493 e. The molecule has 0 radical (unpaired) electrons. The van der Waals surface area contributed by atoms with Crippen molar-refractivity contribution in [1.29, 1.82) is 0 Å². The Kier molecular flexibility index (Phi) is 7.20. The van der Waals surface area contributed by atoms with Crippen molar-refractivity contribution in [2.75, 3.05) is 27.3 Å². The fourth-order valence-corrected chi connectivity index (χ4v) is 3.02. The third-order valence-corrected chi connectivity index (χ3v) is 4.34. The Bertz CT molecular complexity index is 497. The fourth-order valence-electron chi connectivity index (χ4n) is 3.02. The first-order valence-corrected chi connectivity index (χ1v) is 8.48. The molecule has 0 saturated heterocycles. The van der Waals surface area contributed by atoms with E-state index in [1.165, 1.54) is 38.5 Å². The number of carbonyl (C=O) groups is 1. The van der Waals surface area contributed by atoms with Gasteiger partial charge in [-0.25, -0.2) is 0 Å². The SMILES string of the molecule is COc1ccc(C(=O)NCCNC2CCCCCC2)cc1OC. The van der Waals surface area contributed by atoms with Gasteiger partial charge in [-0.05, 0) is 31.0 Å². The van der Waals surface area contributed by atoms with E-state index < -0.39 is 0 Å². The molecule has 0 unspecified atom stereocenters. The lowest BCUT2D eigenvalue weighted by atomic mass is 10.1. The van der Waals surface area contributed by atoms with E-state index in [1.807, 2.05) is 0 Å². The second-order valence-electron chi connectivity index (χ2n) is 5.97. The lowest BCUT2D eigenvalue weighted by molar-refractivity contribution is 0.0953. The molecular formula is C18H28N2O3. The van der Waals surface area contributed by atoms with Crippen molar-refractivity contribution in [2.24, 2.45) is 0 Å². The molecule has 2 N–H and O–H groups in total. The van der Waals surface area contributed by atoms with Crippen LogP contribution >= 0.6 is 0 Å². The van der Waals surface area contributed by atoms with E-state index in [2.05, 4.69) is 10.6 Å².